The van der Waals surface area contributed by atoms with Crippen LogP contribution in [0.2, 0.25) is 5.02 Å². The number of halogens is 1. The number of quaternary nitrogens is 1. The molecule has 1 aliphatic rings. The van der Waals surface area contributed by atoms with Crippen LogP contribution < -0.4 is 15.1 Å². The Kier molecular flexibility index (Phi) is 7.20. The largest absolute Gasteiger partial charge is 0.360 e. The number of anilines is 2. The van der Waals surface area contributed by atoms with Crippen LogP contribution in [0, 0.1) is 0 Å². The Hall–Kier alpha value is -2.04. The second kappa shape index (κ2) is 9.64. The van der Waals surface area contributed by atoms with Gasteiger partial charge in [0.05, 0.1) is 26.2 Å². The van der Waals surface area contributed by atoms with Crippen LogP contribution in [-0.2, 0) is 4.79 Å². The van der Waals surface area contributed by atoms with Crippen LogP contribution in [0.15, 0.2) is 42.5 Å². The van der Waals surface area contributed by atoms with Gasteiger partial charge in [-0.3, -0.25) is 4.79 Å². The molecule has 0 saturated carbocycles. The summed E-state index contributed by atoms with van der Waals surface area (Å²) in [6, 6.07) is 14.3. The van der Waals surface area contributed by atoms with Gasteiger partial charge >= 0.3 is 0 Å². The summed E-state index contributed by atoms with van der Waals surface area (Å²) in [5.41, 5.74) is 4.60. The normalized spacial score (nSPS) is 15.2. The first-order valence-corrected chi connectivity index (χ1v) is 11.0. The number of nitrogens with one attached hydrogen (secondary N) is 2. The molecule has 3 rings (SSSR count). The predicted molar refractivity (Wildman–Crippen MR) is 122 cm³/mol. The molecule has 2 N–H and O–H groups in total. The number of carbonyl (C=O) groups excluding carboxylic acids is 1. The Morgan fingerprint density at radius 2 is 1.62 bits per heavy atom. The number of carbonyl (C=O) groups is 1. The van der Waals surface area contributed by atoms with E-state index in [-0.39, 0.29) is 5.91 Å². The fourth-order valence-electron chi connectivity index (χ4n) is 4.04. The number of hydrogen-bond acceptors (Lipinski definition) is 2. The molecular formula is C24H33ClN3O+. The van der Waals surface area contributed by atoms with Crippen molar-refractivity contribution in [2.45, 2.75) is 39.5 Å². The van der Waals surface area contributed by atoms with Crippen LogP contribution in [0.4, 0.5) is 11.4 Å². The highest BCUT2D eigenvalue weighted by Crippen LogP contribution is 2.32. The van der Waals surface area contributed by atoms with E-state index in [1.54, 1.807) is 0 Å². The second-order valence-electron chi connectivity index (χ2n) is 8.56. The zero-order valence-electron chi connectivity index (χ0n) is 18.0. The number of amides is 1. The lowest BCUT2D eigenvalue weighted by molar-refractivity contribution is -0.892. The molecule has 4 nitrogen and oxygen atoms in total. The summed E-state index contributed by atoms with van der Waals surface area (Å²) < 4.78 is 0. The highest BCUT2D eigenvalue weighted by atomic mass is 35.5. The molecule has 2 aromatic carbocycles. The molecule has 0 spiro atoms. The smallest absolute Gasteiger partial charge is 0.279 e. The summed E-state index contributed by atoms with van der Waals surface area (Å²) in [5, 5.41) is 4.01. The summed E-state index contributed by atoms with van der Waals surface area (Å²) in [5.74, 6) is 0.849. The highest BCUT2D eigenvalue weighted by Gasteiger charge is 2.24. The van der Waals surface area contributed by atoms with Gasteiger partial charge in [-0.15, -0.1) is 0 Å². The standard InChI is InChI=1S/C24H32ClN3O/c1-17(2)21-9-6-10-22(18(3)4)24(21)26-23(29)16-27-11-13-28(14-12-27)20-8-5-7-19(25)15-20/h5-10,15,17-18H,11-14,16H2,1-4H3,(H,26,29)/p+1. The summed E-state index contributed by atoms with van der Waals surface area (Å²) in [4.78, 5) is 16.5. The van der Waals surface area contributed by atoms with Crippen LogP contribution in [0.3, 0.4) is 0 Å². The van der Waals surface area contributed by atoms with E-state index < -0.39 is 0 Å². The van der Waals surface area contributed by atoms with E-state index >= 15 is 0 Å². The zero-order chi connectivity index (χ0) is 21.0. The molecule has 156 valence electrons. The SMILES string of the molecule is CC(C)c1cccc(C(C)C)c1NC(=O)C[NH+]1CCN(c2cccc(Cl)c2)CC1. The lowest BCUT2D eigenvalue weighted by atomic mass is 9.92. The van der Waals surface area contributed by atoms with Gasteiger partial charge in [0.25, 0.3) is 5.91 Å². The Morgan fingerprint density at radius 3 is 2.17 bits per heavy atom. The minimum absolute atomic E-state index is 0.103. The summed E-state index contributed by atoms with van der Waals surface area (Å²) in [6.45, 7) is 13.0. The van der Waals surface area contributed by atoms with Crippen LogP contribution in [0.1, 0.15) is 50.7 Å². The molecule has 1 aliphatic heterocycles. The third kappa shape index (κ3) is 5.52. The Bertz CT molecular complexity index is 816. The number of benzene rings is 2. The third-order valence-corrected chi connectivity index (χ3v) is 5.93. The van der Waals surface area contributed by atoms with Crippen LogP contribution >= 0.6 is 11.6 Å². The minimum atomic E-state index is 0.103. The number of piperazine rings is 1. The number of hydrogen-bond donors (Lipinski definition) is 2. The van der Waals surface area contributed by atoms with Crippen molar-refractivity contribution in [3.8, 4) is 0 Å². The van der Waals surface area contributed by atoms with Crippen molar-refractivity contribution >= 4 is 28.9 Å². The molecule has 0 aromatic heterocycles. The van der Waals surface area contributed by atoms with Gasteiger partial charge in [0.1, 0.15) is 0 Å². The van der Waals surface area contributed by atoms with Gasteiger partial charge in [-0.2, -0.15) is 0 Å². The molecule has 1 fully saturated rings. The van der Waals surface area contributed by atoms with Gasteiger partial charge in [-0.25, -0.2) is 0 Å². The molecule has 0 unspecified atom stereocenters. The van der Waals surface area contributed by atoms with Gasteiger partial charge in [0.15, 0.2) is 6.54 Å². The average molecular weight is 415 g/mol. The van der Waals surface area contributed by atoms with Crippen LogP contribution in [0.25, 0.3) is 0 Å². The van der Waals surface area contributed by atoms with Crippen molar-refractivity contribution in [1.82, 2.24) is 0 Å². The van der Waals surface area contributed by atoms with Crippen molar-refractivity contribution in [1.29, 1.82) is 0 Å². The van der Waals surface area contributed by atoms with E-state index in [1.807, 2.05) is 18.2 Å². The number of para-hydroxylation sites is 1. The molecule has 0 bridgehead atoms. The summed E-state index contributed by atoms with van der Waals surface area (Å²) in [7, 11) is 0. The summed E-state index contributed by atoms with van der Waals surface area (Å²) >= 11 is 6.12. The molecule has 0 radical (unpaired) electrons. The van der Waals surface area contributed by atoms with Crippen molar-refractivity contribution in [2.24, 2.45) is 0 Å². The van der Waals surface area contributed by atoms with Crippen molar-refractivity contribution in [3.05, 3.63) is 58.6 Å². The quantitative estimate of drug-likeness (QED) is 0.751. The molecular weight excluding hydrogens is 382 g/mol. The fraction of sp³-hybridized carbons (Fsp3) is 0.458. The molecule has 1 heterocycles. The van der Waals surface area contributed by atoms with Gasteiger partial charge in [-0.05, 0) is 41.2 Å². The lowest BCUT2D eigenvalue weighted by Crippen LogP contribution is -3.15. The van der Waals surface area contributed by atoms with Gasteiger partial charge < -0.3 is 15.1 Å². The van der Waals surface area contributed by atoms with E-state index in [0.717, 1.165) is 42.6 Å². The van der Waals surface area contributed by atoms with Crippen molar-refractivity contribution < 1.29 is 9.69 Å². The van der Waals surface area contributed by atoms with Gasteiger partial charge in [-0.1, -0.05) is 63.6 Å². The van der Waals surface area contributed by atoms with E-state index in [4.69, 9.17) is 11.6 Å². The van der Waals surface area contributed by atoms with E-state index in [1.165, 1.54) is 16.0 Å². The zero-order valence-corrected chi connectivity index (χ0v) is 18.7. The first-order chi connectivity index (χ1) is 13.8. The molecule has 2 aromatic rings. The molecule has 0 atom stereocenters. The Labute approximate surface area is 179 Å². The lowest BCUT2D eigenvalue weighted by Gasteiger charge is -2.33. The average Bonchev–Trinajstić information content (AvgIpc) is 2.68. The number of rotatable bonds is 6. The van der Waals surface area contributed by atoms with E-state index in [9.17, 15) is 4.79 Å². The molecule has 5 heteroatoms. The Balaban J connectivity index is 1.61. The van der Waals surface area contributed by atoms with Crippen molar-refractivity contribution in [3.63, 3.8) is 0 Å². The van der Waals surface area contributed by atoms with E-state index in [2.05, 4.69) is 62.2 Å². The van der Waals surface area contributed by atoms with Crippen molar-refractivity contribution in [2.75, 3.05) is 42.9 Å². The number of nitrogens with zero attached hydrogens (tertiary/aromatic N) is 1. The minimum Gasteiger partial charge on any atom is -0.360 e. The van der Waals surface area contributed by atoms with Gasteiger partial charge in [0, 0.05) is 16.4 Å². The first-order valence-electron chi connectivity index (χ1n) is 10.6. The first kappa shape index (κ1) is 21.7. The van der Waals surface area contributed by atoms with Gasteiger partial charge in [0.2, 0.25) is 0 Å². The molecule has 0 aliphatic carbocycles. The predicted octanol–water partition coefficient (Wildman–Crippen LogP) is 3.93. The van der Waals surface area contributed by atoms with E-state index in [0.29, 0.717) is 18.4 Å². The maximum atomic E-state index is 12.9. The Morgan fingerprint density at radius 1 is 1.03 bits per heavy atom. The molecule has 29 heavy (non-hydrogen) atoms. The highest BCUT2D eigenvalue weighted by molar-refractivity contribution is 6.30. The van der Waals surface area contributed by atoms with Crippen LogP contribution in [0.5, 0.6) is 0 Å². The fourth-order valence-corrected chi connectivity index (χ4v) is 4.22. The molecule has 1 saturated heterocycles. The van der Waals surface area contributed by atoms with Crippen LogP contribution in [-0.4, -0.2) is 38.6 Å². The molecule has 1 amide bonds. The topological polar surface area (TPSA) is 36.8 Å². The monoisotopic (exact) mass is 414 g/mol. The third-order valence-electron chi connectivity index (χ3n) is 5.69. The summed E-state index contributed by atoms with van der Waals surface area (Å²) in [6.07, 6.45) is 0. The maximum Gasteiger partial charge on any atom is 0.279 e. The maximum absolute atomic E-state index is 12.9. The second-order valence-corrected chi connectivity index (χ2v) is 9.00.